The zero-order valence-electron chi connectivity index (χ0n) is 11.6. The largest absolute Gasteiger partial charge is 0.311 e. The third kappa shape index (κ3) is 4.07. The van der Waals surface area contributed by atoms with Crippen molar-refractivity contribution in [2.24, 2.45) is 5.92 Å². The minimum absolute atomic E-state index is 0.814. The zero-order valence-corrected chi connectivity index (χ0v) is 11.6. The van der Waals surface area contributed by atoms with Gasteiger partial charge in [0.2, 0.25) is 0 Å². The molecule has 2 rings (SSSR count). The van der Waals surface area contributed by atoms with Crippen LogP contribution in [0.25, 0.3) is 0 Å². The molecule has 1 aromatic heterocycles. The molecule has 0 radical (unpaired) electrons. The highest BCUT2D eigenvalue weighted by Gasteiger charge is 2.18. The van der Waals surface area contributed by atoms with Crippen LogP contribution < -0.4 is 5.32 Å². The molecular weight excluding hydrogens is 226 g/mol. The van der Waals surface area contributed by atoms with Crippen LogP contribution in [-0.2, 0) is 13.1 Å². The molecule has 1 fully saturated rings. The molecule has 0 aromatic carbocycles. The summed E-state index contributed by atoms with van der Waals surface area (Å²) in [5.74, 6) is 0.940. The highest BCUT2D eigenvalue weighted by Crippen LogP contribution is 2.26. The van der Waals surface area contributed by atoms with Gasteiger partial charge < -0.3 is 10.2 Å². The van der Waals surface area contributed by atoms with E-state index in [9.17, 15) is 0 Å². The first-order chi connectivity index (χ1) is 8.78. The summed E-state index contributed by atoms with van der Waals surface area (Å²) in [5, 5.41) is 11.6. The minimum Gasteiger partial charge on any atom is -0.311 e. The maximum absolute atomic E-state index is 4.15. The quantitative estimate of drug-likeness (QED) is 0.752. The van der Waals surface area contributed by atoms with E-state index in [4.69, 9.17) is 0 Å². The maximum atomic E-state index is 4.15. The molecule has 1 aliphatic rings. The number of aromatic nitrogens is 3. The fourth-order valence-electron chi connectivity index (χ4n) is 2.26. The van der Waals surface area contributed by atoms with E-state index in [1.165, 1.54) is 25.8 Å². The monoisotopic (exact) mass is 251 g/mol. The fraction of sp³-hybridized carbons (Fsp3) is 0.846. The predicted octanol–water partition coefficient (Wildman–Crippen LogP) is 1.12. The molecule has 1 heterocycles. The van der Waals surface area contributed by atoms with Gasteiger partial charge in [-0.15, -0.1) is 5.10 Å². The van der Waals surface area contributed by atoms with E-state index < -0.39 is 0 Å². The first-order valence-electron chi connectivity index (χ1n) is 7.06. The molecule has 1 aliphatic carbocycles. The van der Waals surface area contributed by atoms with E-state index in [1.54, 1.807) is 0 Å². The van der Waals surface area contributed by atoms with Gasteiger partial charge in [-0.1, -0.05) is 18.6 Å². The number of nitrogens with one attached hydrogen (secondary N) is 1. The summed E-state index contributed by atoms with van der Waals surface area (Å²) in [6.07, 6.45) is 6.30. The molecule has 1 N–H and O–H groups in total. The molecule has 0 aliphatic heterocycles. The topological polar surface area (TPSA) is 46.0 Å². The average molecular weight is 251 g/mol. The summed E-state index contributed by atoms with van der Waals surface area (Å²) in [7, 11) is 2.20. The molecule has 0 amide bonds. The second kappa shape index (κ2) is 6.85. The van der Waals surface area contributed by atoms with Gasteiger partial charge in [-0.2, -0.15) is 0 Å². The molecule has 1 saturated carbocycles. The lowest BCUT2D eigenvalue weighted by Crippen LogP contribution is -2.31. The van der Waals surface area contributed by atoms with Crippen LogP contribution in [0.4, 0.5) is 0 Å². The number of likely N-dealkylation sites (N-methyl/N-ethyl adjacent to an activating group) is 1. The highest BCUT2D eigenvalue weighted by atomic mass is 15.4. The van der Waals surface area contributed by atoms with Gasteiger partial charge in [-0.25, -0.2) is 0 Å². The van der Waals surface area contributed by atoms with Crippen molar-refractivity contribution in [1.29, 1.82) is 0 Å². The van der Waals surface area contributed by atoms with Gasteiger partial charge >= 0.3 is 0 Å². The molecule has 0 bridgehead atoms. The van der Waals surface area contributed by atoms with Gasteiger partial charge in [-0.05, 0) is 32.4 Å². The number of nitrogens with zero attached hydrogens (tertiary/aromatic N) is 4. The van der Waals surface area contributed by atoms with Gasteiger partial charge in [0, 0.05) is 25.8 Å². The van der Waals surface area contributed by atoms with Crippen molar-refractivity contribution >= 4 is 0 Å². The van der Waals surface area contributed by atoms with Crippen LogP contribution in [0.5, 0.6) is 0 Å². The van der Waals surface area contributed by atoms with Crippen molar-refractivity contribution in [2.45, 2.75) is 39.3 Å². The first-order valence-corrected chi connectivity index (χ1v) is 7.06. The van der Waals surface area contributed by atoms with E-state index in [0.29, 0.717) is 0 Å². The molecular formula is C13H25N5. The normalized spacial score (nSPS) is 16.2. The zero-order chi connectivity index (χ0) is 12.8. The predicted molar refractivity (Wildman–Crippen MR) is 72.2 cm³/mol. The van der Waals surface area contributed by atoms with Crippen molar-refractivity contribution in [1.82, 2.24) is 25.2 Å². The fourth-order valence-corrected chi connectivity index (χ4v) is 2.26. The third-order valence-corrected chi connectivity index (χ3v) is 3.65. The highest BCUT2D eigenvalue weighted by molar-refractivity contribution is 4.91. The van der Waals surface area contributed by atoms with E-state index in [2.05, 4.69) is 34.5 Å². The lowest BCUT2D eigenvalue weighted by Gasteiger charge is -2.29. The van der Waals surface area contributed by atoms with Crippen LogP contribution in [0.1, 0.15) is 31.9 Å². The van der Waals surface area contributed by atoms with Crippen LogP contribution >= 0.6 is 0 Å². The molecule has 18 heavy (non-hydrogen) atoms. The van der Waals surface area contributed by atoms with Gasteiger partial charge in [-0.3, -0.25) is 4.68 Å². The molecule has 0 saturated heterocycles. The molecule has 0 unspecified atom stereocenters. The SMILES string of the molecule is CCNCc1cn(CCN(C)CC2CCC2)nn1. The van der Waals surface area contributed by atoms with Gasteiger partial charge in [0.15, 0.2) is 0 Å². The lowest BCUT2D eigenvalue weighted by molar-refractivity contribution is 0.199. The Kier molecular flexibility index (Phi) is 5.13. The Morgan fingerprint density at radius 3 is 3.00 bits per heavy atom. The smallest absolute Gasteiger partial charge is 0.0964 e. The molecule has 0 spiro atoms. The van der Waals surface area contributed by atoms with E-state index in [0.717, 1.165) is 37.8 Å². The Balaban J connectivity index is 1.66. The first kappa shape index (κ1) is 13.5. The van der Waals surface area contributed by atoms with Crippen LogP contribution in [-0.4, -0.2) is 46.6 Å². The van der Waals surface area contributed by atoms with E-state index in [-0.39, 0.29) is 0 Å². The number of hydrogen-bond donors (Lipinski definition) is 1. The minimum atomic E-state index is 0.814. The second-order valence-corrected chi connectivity index (χ2v) is 5.31. The Morgan fingerprint density at radius 2 is 2.33 bits per heavy atom. The van der Waals surface area contributed by atoms with E-state index >= 15 is 0 Å². The summed E-state index contributed by atoms with van der Waals surface area (Å²) in [6.45, 7) is 7.10. The third-order valence-electron chi connectivity index (χ3n) is 3.65. The molecule has 5 heteroatoms. The summed E-state index contributed by atoms with van der Waals surface area (Å²) in [6, 6.07) is 0. The van der Waals surface area contributed by atoms with Gasteiger partial charge in [0.1, 0.15) is 0 Å². The summed E-state index contributed by atoms with van der Waals surface area (Å²) < 4.78 is 1.95. The maximum Gasteiger partial charge on any atom is 0.0964 e. The lowest BCUT2D eigenvalue weighted by atomic mass is 9.85. The van der Waals surface area contributed by atoms with Crippen LogP contribution in [0, 0.1) is 5.92 Å². The number of hydrogen-bond acceptors (Lipinski definition) is 4. The summed E-state index contributed by atoms with van der Waals surface area (Å²) >= 11 is 0. The number of rotatable bonds is 8. The molecule has 0 atom stereocenters. The molecule has 5 nitrogen and oxygen atoms in total. The summed E-state index contributed by atoms with van der Waals surface area (Å²) in [4.78, 5) is 2.41. The second-order valence-electron chi connectivity index (χ2n) is 5.31. The van der Waals surface area contributed by atoms with Gasteiger partial charge in [0.25, 0.3) is 0 Å². The van der Waals surface area contributed by atoms with Crippen molar-refractivity contribution in [3.63, 3.8) is 0 Å². The van der Waals surface area contributed by atoms with Crippen molar-refractivity contribution in [3.8, 4) is 0 Å². The van der Waals surface area contributed by atoms with Crippen molar-refractivity contribution in [3.05, 3.63) is 11.9 Å². The van der Waals surface area contributed by atoms with Crippen LogP contribution in [0.3, 0.4) is 0 Å². The van der Waals surface area contributed by atoms with E-state index in [1.807, 2.05) is 10.9 Å². The van der Waals surface area contributed by atoms with Gasteiger partial charge in [0.05, 0.1) is 12.2 Å². The van der Waals surface area contributed by atoms with Crippen molar-refractivity contribution < 1.29 is 0 Å². The Labute approximate surface area is 110 Å². The molecule has 102 valence electrons. The standard InChI is InChI=1S/C13H25N5/c1-3-14-9-13-11-18(16-15-13)8-7-17(2)10-12-5-4-6-12/h11-12,14H,3-10H2,1-2H3. The van der Waals surface area contributed by atoms with Crippen molar-refractivity contribution in [2.75, 3.05) is 26.7 Å². The van der Waals surface area contributed by atoms with Crippen LogP contribution in [0.2, 0.25) is 0 Å². The average Bonchev–Trinajstić information content (AvgIpc) is 2.76. The molecule has 1 aromatic rings. The summed E-state index contributed by atoms with van der Waals surface area (Å²) in [5.41, 5.74) is 1.03. The Morgan fingerprint density at radius 1 is 1.50 bits per heavy atom. The van der Waals surface area contributed by atoms with Crippen LogP contribution in [0.15, 0.2) is 6.20 Å². The Hall–Kier alpha value is -0.940. The Bertz CT molecular complexity index is 345.